The van der Waals surface area contributed by atoms with E-state index >= 15 is 0 Å². The van der Waals surface area contributed by atoms with Crippen LogP contribution in [0.25, 0.3) is 0 Å². The van der Waals surface area contributed by atoms with Crippen molar-refractivity contribution in [2.45, 2.75) is 12.5 Å². The number of aryl methyl sites for hydroxylation is 1. The zero-order chi connectivity index (χ0) is 11.3. The van der Waals surface area contributed by atoms with Crippen molar-refractivity contribution < 1.29 is 19.7 Å². The zero-order valence-electron chi connectivity index (χ0n) is 8.46. The third kappa shape index (κ3) is 3.03. The Morgan fingerprint density at radius 3 is 2.93 bits per heavy atom. The highest BCUT2D eigenvalue weighted by atomic mass is 16.5. The summed E-state index contributed by atoms with van der Waals surface area (Å²) in [5.74, 6) is -1.06. The third-order valence-corrected chi connectivity index (χ3v) is 1.93. The molecule has 15 heavy (non-hydrogen) atoms. The maximum absolute atomic E-state index is 10.9. The van der Waals surface area contributed by atoms with E-state index in [1.165, 1.54) is 12.5 Å². The summed E-state index contributed by atoms with van der Waals surface area (Å²) >= 11 is 0. The van der Waals surface area contributed by atoms with Gasteiger partial charge in [-0.25, -0.2) is 9.78 Å². The molecule has 1 unspecified atom stereocenters. The van der Waals surface area contributed by atoms with Crippen LogP contribution in [0.2, 0.25) is 0 Å². The summed E-state index contributed by atoms with van der Waals surface area (Å²) in [6.07, 6.45) is 2.36. The summed E-state index contributed by atoms with van der Waals surface area (Å²) in [6, 6.07) is 0. The summed E-state index contributed by atoms with van der Waals surface area (Å²) in [6.45, 7) is 0.191. The van der Waals surface area contributed by atoms with E-state index < -0.39 is 12.1 Å². The smallest absolute Gasteiger partial charge is 0.339 e. The molecule has 1 heterocycles. The molecule has 1 aromatic rings. The topological polar surface area (TPSA) is 84.6 Å². The van der Waals surface area contributed by atoms with Crippen molar-refractivity contribution in [3.63, 3.8) is 0 Å². The van der Waals surface area contributed by atoms with Crippen molar-refractivity contribution in [1.29, 1.82) is 0 Å². The van der Waals surface area contributed by atoms with Crippen LogP contribution in [0.4, 0.5) is 0 Å². The Balaban J connectivity index is 2.67. The van der Waals surface area contributed by atoms with Crippen molar-refractivity contribution in [3.05, 3.63) is 18.2 Å². The molecule has 0 radical (unpaired) electrons. The zero-order valence-corrected chi connectivity index (χ0v) is 8.46. The fourth-order valence-corrected chi connectivity index (χ4v) is 1.17. The molecule has 0 aliphatic rings. The van der Waals surface area contributed by atoms with Gasteiger partial charge in [0.25, 0.3) is 0 Å². The number of aliphatic hydroxyl groups excluding tert-OH is 1. The van der Waals surface area contributed by atoms with E-state index in [1.807, 2.05) is 0 Å². The molecule has 1 rings (SSSR count). The number of rotatable bonds is 6. The molecule has 0 saturated heterocycles. The number of aliphatic hydroxyl groups is 1. The molecule has 1 aromatic heterocycles. The molecule has 0 saturated carbocycles. The van der Waals surface area contributed by atoms with Crippen LogP contribution in [-0.2, 0) is 16.6 Å². The highest BCUT2D eigenvalue weighted by Crippen LogP contribution is 2.16. The van der Waals surface area contributed by atoms with Gasteiger partial charge in [-0.2, -0.15) is 0 Å². The number of aromatic nitrogens is 2. The molecular formula is C9H14N2O4. The van der Waals surface area contributed by atoms with Gasteiger partial charge < -0.3 is 19.5 Å². The predicted molar refractivity (Wildman–Crippen MR) is 51.2 cm³/mol. The Morgan fingerprint density at radius 2 is 2.47 bits per heavy atom. The van der Waals surface area contributed by atoms with Crippen LogP contribution >= 0.6 is 0 Å². The number of aliphatic carboxylic acids is 1. The van der Waals surface area contributed by atoms with E-state index in [0.717, 1.165) is 0 Å². The van der Waals surface area contributed by atoms with Gasteiger partial charge in [0.2, 0.25) is 0 Å². The van der Waals surface area contributed by atoms with Crippen LogP contribution in [-0.4, -0.2) is 38.9 Å². The molecule has 6 heteroatoms. The van der Waals surface area contributed by atoms with Crippen LogP contribution < -0.4 is 0 Å². The van der Waals surface area contributed by atoms with Crippen molar-refractivity contribution in [1.82, 2.24) is 9.55 Å². The fourth-order valence-electron chi connectivity index (χ4n) is 1.17. The maximum Gasteiger partial charge on any atom is 0.339 e. The minimum Gasteiger partial charge on any atom is -0.479 e. The molecular weight excluding hydrogens is 200 g/mol. The van der Waals surface area contributed by atoms with Gasteiger partial charge in [0.05, 0.1) is 24.8 Å². The lowest BCUT2D eigenvalue weighted by Crippen LogP contribution is -2.18. The number of hydrogen-bond acceptors (Lipinski definition) is 4. The first-order valence-corrected chi connectivity index (χ1v) is 4.58. The largest absolute Gasteiger partial charge is 0.479 e. The van der Waals surface area contributed by atoms with Gasteiger partial charge in [-0.15, -0.1) is 0 Å². The van der Waals surface area contributed by atoms with E-state index in [-0.39, 0.29) is 13.2 Å². The molecule has 0 aliphatic carbocycles. The van der Waals surface area contributed by atoms with Gasteiger partial charge >= 0.3 is 5.97 Å². The molecule has 0 spiro atoms. The summed E-state index contributed by atoms with van der Waals surface area (Å²) < 4.78 is 6.74. The lowest BCUT2D eigenvalue weighted by molar-refractivity contribution is -0.151. The third-order valence-electron chi connectivity index (χ3n) is 1.93. The molecule has 6 nitrogen and oxygen atoms in total. The Hall–Kier alpha value is -1.40. The number of hydrogen-bond donors (Lipinski definition) is 2. The lowest BCUT2D eigenvalue weighted by atomic mass is 10.2. The first kappa shape index (κ1) is 11.7. The molecule has 0 fully saturated rings. The Morgan fingerprint density at radius 1 is 1.73 bits per heavy atom. The van der Waals surface area contributed by atoms with E-state index in [4.69, 9.17) is 14.9 Å². The quantitative estimate of drug-likeness (QED) is 0.648. The van der Waals surface area contributed by atoms with E-state index in [0.29, 0.717) is 12.1 Å². The number of imidazole rings is 1. The first-order chi connectivity index (χ1) is 7.16. The number of carboxylic acid groups (broad SMARTS) is 1. The average molecular weight is 214 g/mol. The van der Waals surface area contributed by atoms with Gasteiger partial charge in [0.15, 0.2) is 6.10 Å². The SMILES string of the molecule is Cn1cncc1C(OCCCO)C(=O)O. The van der Waals surface area contributed by atoms with Crippen LogP contribution in [0.3, 0.4) is 0 Å². The highest BCUT2D eigenvalue weighted by Gasteiger charge is 2.23. The summed E-state index contributed by atoms with van der Waals surface area (Å²) in [5.41, 5.74) is 0.487. The Kier molecular flexibility index (Phi) is 4.26. The summed E-state index contributed by atoms with van der Waals surface area (Å²) in [4.78, 5) is 14.7. The summed E-state index contributed by atoms with van der Waals surface area (Å²) in [5, 5.41) is 17.5. The molecule has 0 bridgehead atoms. The molecule has 0 aromatic carbocycles. The fraction of sp³-hybridized carbons (Fsp3) is 0.556. The second-order valence-corrected chi connectivity index (χ2v) is 3.10. The maximum atomic E-state index is 10.9. The molecule has 84 valence electrons. The first-order valence-electron chi connectivity index (χ1n) is 4.58. The molecule has 0 aliphatic heterocycles. The van der Waals surface area contributed by atoms with Crippen LogP contribution in [0, 0.1) is 0 Å². The molecule has 2 N–H and O–H groups in total. The molecule has 0 amide bonds. The van der Waals surface area contributed by atoms with Crippen molar-refractivity contribution in [2.24, 2.45) is 7.05 Å². The monoisotopic (exact) mass is 214 g/mol. The second kappa shape index (κ2) is 5.47. The van der Waals surface area contributed by atoms with Crippen molar-refractivity contribution >= 4 is 5.97 Å². The Labute approximate surface area is 87.1 Å². The van der Waals surface area contributed by atoms with Crippen LogP contribution in [0.15, 0.2) is 12.5 Å². The second-order valence-electron chi connectivity index (χ2n) is 3.10. The van der Waals surface area contributed by atoms with Gasteiger partial charge in [0, 0.05) is 13.7 Å². The number of carboxylic acids is 1. The summed E-state index contributed by atoms with van der Waals surface area (Å²) in [7, 11) is 1.70. The molecule has 1 atom stereocenters. The normalized spacial score (nSPS) is 12.7. The number of nitrogens with zero attached hydrogens (tertiary/aromatic N) is 2. The van der Waals surface area contributed by atoms with Crippen LogP contribution in [0.1, 0.15) is 18.2 Å². The number of carbonyl (C=O) groups is 1. The van der Waals surface area contributed by atoms with Gasteiger partial charge in [-0.3, -0.25) is 0 Å². The Bertz CT molecular complexity index is 324. The van der Waals surface area contributed by atoms with E-state index in [1.54, 1.807) is 11.6 Å². The average Bonchev–Trinajstić information content (AvgIpc) is 2.59. The van der Waals surface area contributed by atoms with Crippen molar-refractivity contribution in [3.8, 4) is 0 Å². The van der Waals surface area contributed by atoms with Gasteiger partial charge in [-0.05, 0) is 6.42 Å². The minimum absolute atomic E-state index is 0.0161. The van der Waals surface area contributed by atoms with Crippen LogP contribution in [0.5, 0.6) is 0 Å². The minimum atomic E-state index is -1.06. The highest BCUT2D eigenvalue weighted by molar-refractivity contribution is 5.73. The van der Waals surface area contributed by atoms with Gasteiger partial charge in [-0.1, -0.05) is 0 Å². The van der Waals surface area contributed by atoms with Gasteiger partial charge in [0.1, 0.15) is 0 Å². The predicted octanol–water partition coefficient (Wildman–Crippen LogP) is -0.0552. The lowest BCUT2D eigenvalue weighted by Gasteiger charge is -2.13. The number of ether oxygens (including phenoxy) is 1. The standard InChI is InChI=1S/C9H14N2O4/c1-11-6-10-5-7(11)8(9(13)14)15-4-2-3-12/h5-6,8,12H,2-4H2,1H3,(H,13,14). The van der Waals surface area contributed by atoms with E-state index in [9.17, 15) is 4.79 Å². The van der Waals surface area contributed by atoms with Crippen molar-refractivity contribution in [2.75, 3.05) is 13.2 Å². The van der Waals surface area contributed by atoms with E-state index in [2.05, 4.69) is 4.98 Å².